The molecule has 0 spiro atoms. The molecule has 128 valence electrons. The first-order valence-electron chi connectivity index (χ1n) is 8.76. The summed E-state index contributed by atoms with van der Waals surface area (Å²) >= 11 is 0. The fourth-order valence-electron chi connectivity index (χ4n) is 3.19. The number of rotatable bonds is 5. The number of ether oxygens (including phenoxy) is 1. The van der Waals surface area contributed by atoms with Crippen LogP contribution < -0.4 is 15.4 Å². The Hall–Kier alpha value is -2.30. The zero-order valence-electron chi connectivity index (χ0n) is 14.5. The summed E-state index contributed by atoms with van der Waals surface area (Å²) in [6.07, 6.45) is 7.75. The van der Waals surface area contributed by atoms with Gasteiger partial charge in [0.25, 0.3) is 0 Å². The van der Waals surface area contributed by atoms with Crippen LogP contribution in [0.5, 0.6) is 5.75 Å². The molecule has 2 aromatic rings. The molecule has 2 N–H and O–H groups in total. The largest absolute Gasteiger partial charge is 0.497 e. The Morgan fingerprint density at radius 2 is 1.75 bits per heavy atom. The minimum absolute atomic E-state index is 0.520. The maximum absolute atomic E-state index is 5.27. The van der Waals surface area contributed by atoms with E-state index >= 15 is 0 Å². The fraction of sp³-hybridized carbons (Fsp3) is 0.474. The van der Waals surface area contributed by atoms with Crippen LogP contribution in [0, 0.1) is 6.92 Å². The molecule has 0 atom stereocenters. The highest BCUT2D eigenvalue weighted by atomic mass is 16.5. The molecule has 1 aliphatic rings. The van der Waals surface area contributed by atoms with Gasteiger partial charge in [0.1, 0.15) is 23.2 Å². The molecule has 1 aliphatic carbocycles. The normalized spacial score (nSPS) is 15.6. The molecule has 3 rings (SSSR count). The molecule has 0 aliphatic heterocycles. The molecule has 0 unspecified atom stereocenters. The second kappa shape index (κ2) is 7.99. The molecule has 0 radical (unpaired) electrons. The van der Waals surface area contributed by atoms with Crippen LogP contribution in [0.4, 0.5) is 17.3 Å². The topological polar surface area (TPSA) is 59.1 Å². The average molecular weight is 326 g/mol. The number of benzene rings is 1. The predicted molar refractivity (Wildman–Crippen MR) is 98.2 cm³/mol. The quantitative estimate of drug-likeness (QED) is 0.782. The highest BCUT2D eigenvalue weighted by Crippen LogP contribution is 2.24. The van der Waals surface area contributed by atoms with E-state index in [4.69, 9.17) is 4.74 Å². The van der Waals surface area contributed by atoms with E-state index in [0.717, 1.165) is 28.9 Å². The Morgan fingerprint density at radius 3 is 2.50 bits per heavy atom. The predicted octanol–water partition coefficient (Wildman–Crippen LogP) is 4.67. The highest BCUT2D eigenvalue weighted by Gasteiger charge is 2.13. The van der Waals surface area contributed by atoms with Gasteiger partial charge in [-0.1, -0.05) is 31.7 Å². The van der Waals surface area contributed by atoms with Gasteiger partial charge in [0.2, 0.25) is 0 Å². The molecule has 0 bridgehead atoms. The molecule has 1 aromatic heterocycles. The third-order valence-electron chi connectivity index (χ3n) is 4.39. The van der Waals surface area contributed by atoms with Crippen molar-refractivity contribution in [3.05, 3.63) is 36.2 Å². The van der Waals surface area contributed by atoms with Crippen molar-refractivity contribution in [3.63, 3.8) is 0 Å². The average Bonchev–Trinajstić information content (AvgIpc) is 2.83. The molecule has 5 nitrogen and oxygen atoms in total. The molecule has 5 heteroatoms. The van der Waals surface area contributed by atoms with E-state index < -0.39 is 0 Å². The summed E-state index contributed by atoms with van der Waals surface area (Å²) in [5.74, 6) is 3.29. The first-order valence-corrected chi connectivity index (χ1v) is 8.76. The van der Waals surface area contributed by atoms with Gasteiger partial charge in [-0.2, -0.15) is 0 Å². The van der Waals surface area contributed by atoms with Crippen molar-refractivity contribution in [1.29, 1.82) is 0 Å². The zero-order chi connectivity index (χ0) is 16.8. The summed E-state index contributed by atoms with van der Waals surface area (Å²) in [5.41, 5.74) is 0.952. The Morgan fingerprint density at radius 1 is 1.00 bits per heavy atom. The van der Waals surface area contributed by atoms with Crippen LogP contribution in [0.15, 0.2) is 30.3 Å². The van der Waals surface area contributed by atoms with Crippen LogP contribution in [0.3, 0.4) is 0 Å². The number of aromatic nitrogens is 2. The lowest BCUT2D eigenvalue weighted by atomic mass is 10.1. The number of nitrogens with zero attached hydrogens (tertiary/aromatic N) is 2. The monoisotopic (exact) mass is 326 g/mol. The van der Waals surface area contributed by atoms with Crippen LogP contribution in [-0.4, -0.2) is 23.1 Å². The summed E-state index contributed by atoms with van der Waals surface area (Å²) < 4.78 is 5.27. The van der Waals surface area contributed by atoms with Gasteiger partial charge in [0, 0.05) is 23.9 Å². The Bertz CT molecular complexity index is 666. The molecule has 1 heterocycles. The van der Waals surface area contributed by atoms with Gasteiger partial charge in [0.05, 0.1) is 7.11 Å². The second-order valence-electron chi connectivity index (χ2n) is 6.38. The van der Waals surface area contributed by atoms with Crippen molar-refractivity contribution in [3.8, 4) is 5.75 Å². The molecule has 1 saturated carbocycles. The molecular weight excluding hydrogens is 300 g/mol. The number of hydrogen-bond donors (Lipinski definition) is 2. The lowest BCUT2D eigenvalue weighted by Gasteiger charge is -2.18. The molecule has 24 heavy (non-hydrogen) atoms. The van der Waals surface area contributed by atoms with Crippen molar-refractivity contribution in [2.75, 3.05) is 17.7 Å². The fourth-order valence-corrected chi connectivity index (χ4v) is 3.19. The van der Waals surface area contributed by atoms with Crippen LogP contribution in [0.2, 0.25) is 0 Å². The van der Waals surface area contributed by atoms with Gasteiger partial charge in [-0.3, -0.25) is 0 Å². The van der Waals surface area contributed by atoms with Crippen LogP contribution >= 0.6 is 0 Å². The zero-order valence-corrected chi connectivity index (χ0v) is 14.5. The Labute approximate surface area is 143 Å². The Kier molecular flexibility index (Phi) is 5.51. The number of nitrogens with one attached hydrogen (secondary N) is 2. The minimum atomic E-state index is 0.520. The van der Waals surface area contributed by atoms with E-state index in [1.54, 1.807) is 7.11 Å². The summed E-state index contributed by atoms with van der Waals surface area (Å²) in [7, 11) is 1.67. The molecular formula is C19H26N4O. The second-order valence-corrected chi connectivity index (χ2v) is 6.38. The van der Waals surface area contributed by atoms with Crippen molar-refractivity contribution >= 4 is 17.3 Å². The van der Waals surface area contributed by atoms with E-state index in [2.05, 4.69) is 20.6 Å². The lowest BCUT2D eigenvalue weighted by molar-refractivity contribution is 0.415. The molecule has 0 amide bonds. The lowest BCUT2D eigenvalue weighted by Crippen LogP contribution is -2.19. The van der Waals surface area contributed by atoms with Gasteiger partial charge in [-0.05, 0) is 31.9 Å². The molecule has 0 saturated heterocycles. The summed E-state index contributed by atoms with van der Waals surface area (Å²) in [4.78, 5) is 9.04. The first kappa shape index (κ1) is 16.6. The smallest absolute Gasteiger partial charge is 0.136 e. The van der Waals surface area contributed by atoms with E-state index in [0.29, 0.717) is 6.04 Å². The van der Waals surface area contributed by atoms with Gasteiger partial charge >= 0.3 is 0 Å². The maximum Gasteiger partial charge on any atom is 0.136 e. The van der Waals surface area contributed by atoms with Gasteiger partial charge in [0.15, 0.2) is 0 Å². The first-order chi connectivity index (χ1) is 11.7. The number of methoxy groups -OCH3 is 1. The summed E-state index contributed by atoms with van der Waals surface area (Å²) in [5, 5.41) is 6.93. The number of anilines is 3. The van der Waals surface area contributed by atoms with Crippen LogP contribution in [0.25, 0.3) is 0 Å². The van der Waals surface area contributed by atoms with Gasteiger partial charge in [-0.15, -0.1) is 0 Å². The SMILES string of the molecule is COc1cccc(Nc2cc(NC3CCCCCC3)nc(C)n2)c1. The van der Waals surface area contributed by atoms with Crippen molar-refractivity contribution in [2.24, 2.45) is 0 Å². The summed E-state index contributed by atoms with van der Waals surface area (Å²) in [6.45, 7) is 1.93. The van der Waals surface area contributed by atoms with E-state index in [1.165, 1.54) is 38.5 Å². The van der Waals surface area contributed by atoms with Gasteiger partial charge in [-0.25, -0.2) is 9.97 Å². The number of hydrogen-bond acceptors (Lipinski definition) is 5. The third-order valence-corrected chi connectivity index (χ3v) is 4.39. The minimum Gasteiger partial charge on any atom is -0.497 e. The van der Waals surface area contributed by atoms with Crippen LogP contribution in [0.1, 0.15) is 44.3 Å². The van der Waals surface area contributed by atoms with Crippen molar-refractivity contribution in [1.82, 2.24) is 9.97 Å². The summed E-state index contributed by atoms with van der Waals surface area (Å²) in [6, 6.07) is 10.3. The van der Waals surface area contributed by atoms with Crippen LogP contribution in [-0.2, 0) is 0 Å². The molecule has 1 fully saturated rings. The van der Waals surface area contributed by atoms with E-state index in [-0.39, 0.29) is 0 Å². The highest BCUT2D eigenvalue weighted by molar-refractivity contribution is 5.60. The standard InChI is InChI=1S/C19H26N4O/c1-14-20-18(22-15-8-5-3-4-6-9-15)13-19(21-14)23-16-10-7-11-17(12-16)24-2/h7,10-13,15H,3-6,8-9H2,1-2H3,(H2,20,21,22,23). The number of aryl methyl sites for hydroxylation is 1. The third kappa shape index (κ3) is 4.60. The van der Waals surface area contributed by atoms with E-state index in [1.807, 2.05) is 37.3 Å². The maximum atomic E-state index is 5.27. The van der Waals surface area contributed by atoms with E-state index in [9.17, 15) is 0 Å². The van der Waals surface area contributed by atoms with Gasteiger partial charge < -0.3 is 15.4 Å². The van der Waals surface area contributed by atoms with Crippen molar-refractivity contribution < 1.29 is 4.74 Å². The Balaban J connectivity index is 1.73. The van der Waals surface area contributed by atoms with Crippen molar-refractivity contribution in [2.45, 2.75) is 51.5 Å². The molecule has 1 aromatic carbocycles.